The molecular weight excluding hydrogens is 200 g/mol. The SMILES string of the molecule is CC1OC1COc1ccc(C(C)(C)C)cc1. The molecule has 1 aliphatic heterocycles. The van der Waals surface area contributed by atoms with Crippen molar-refractivity contribution in [2.24, 2.45) is 0 Å². The van der Waals surface area contributed by atoms with E-state index < -0.39 is 0 Å². The number of hydrogen-bond donors (Lipinski definition) is 0. The van der Waals surface area contributed by atoms with Crippen molar-refractivity contribution in [2.45, 2.75) is 45.3 Å². The Hall–Kier alpha value is -1.02. The molecule has 0 aliphatic carbocycles. The maximum Gasteiger partial charge on any atom is 0.119 e. The maximum atomic E-state index is 5.64. The predicted molar refractivity (Wildman–Crippen MR) is 65.0 cm³/mol. The van der Waals surface area contributed by atoms with Crippen LogP contribution in [0.25, 0.3) is 0 Å². The summed E-state index contributed by atoms with van der Waals surface area (Å²) < 4.78 is 10.9. The van der Waals surface area contributed by atoms with Gasteiger partial charge in [-0.1, -0.05) is 32.9 Å². The zero-order valence-electron chi connectivity index (χ0n) is 10.5. The lowest BCUT2D eigenvalue weighted by molar-refractivity contribution is 0.260. The molecule has 0 aromatic heterocycles. The molecule has 1 aliphatic rings. The second-order valence-electron chi connectivity index (χ2n) is 5.47. The normalized spacial score (nSPS) is 24.2. The van der Waals surface area contributed by atoms with Crippen molar-refractivity contribution in [1.29, 1.82) is 0 Å². The fourth-order valence-electron chi connectivity index (χ4n) is 1.63. The van der Waals surface area contributed by atoms with Crippen LogP contribution < -0.4 is 4.74 Å². The smallest absolute Gasteiger partial charge is 0.119 e. The molecule has 1 aromatic rings. The maximum absolute atomic E-state index is 5.64. The molecule has 0 radical (unpaired) electrons. The molecule has 0 saturated carbocycles. The van der Waals surface area contributed by atoms with Gasteiger partial charge in [-0.3, -0.25) is 0 Å². The van der Waals surface area contributed by atoms with Crippen molar-refractivity contribution in [3.05, 3.63) is 29.8 Å². The highest BCUT2D eigenvalue weighted by molar-refractivity contribution is 5.31. The van der Waals surface area contributed by atoms with Crippen molar-refractivity contribution >= 4 is 0 Å². The Bertz CT molecular complexity index is 348. The van der Waals surface area contributed by atoms with Crippen molar-refractivity contribution in [2.75, 3.05) is 6.61 Å². The zero-order chi connectivity index (χ0) is 11.8. The van der Waals surface area contributed by atoms with E-state index >= 15 is 0 Å². The molecule has 0 spiro atoms. The third-order valence-electron chi connectivity index (χ3n) is 2.97. The summed E-state index contributed by atoms with van der Waals surface area (Å²) in [5.74, 6) is 0.927. The van der Waals surface area contributed by atoms with Crippen LogP contribution in [0.1, 0.15) is 33.3 Å². The Labute approximate surface area is 97.6 Å². The van der Waals surface area contributed by atoms with Crippen molar-refractivity contribution in [3.63, 3.8) is 0 Å². The molecule has 1 saturated heterocycles. The van der Waals surface area contributed by atoms with Crippen LogP contribution in [0.2, 0.25) is 0 Å². The fraction of sp³-hybridized carbons (Fsp3) is 0.571. The largest absolute Gasteiger partial charge is 0.491 e. The lowest BCUT2D eigenvalue weighted by Gasteiger charge is -2.19. The van der Waals surface area contributed by atoms with Gasteiger partial charge in [-0.05, 0) is 30.0 Å². The fourth-order valence-corrected chi connectivity index (χ4v) is 1.63. The highest BCUT2D eigenvalue weighted by Crippen LogP contribution is 2.26. The molecule has 2 nitrogen and oxygen atoms in total. The third-order valence-corrected chi connectivity index (χ3v) is 2.97. The van der Waals surface area contributed by atoms with Gasteiger partial charge in [-0.25, -0.2) is 0 Å². The molecule has 2 rings (SSSR count). The van der Waals surface area contributed by atoms with Crippen LogP contribution in [0.3, 0.4) is 0 Å². The van der Waals surface area contributed by atoms with Crippen molar-refractivity contribution in [3.8, 4) is 5.75 Å². The molecule has 1 aromatic carbocycles. The summed E-state index contributed by atoms with van der Waals surface area (Å²) in [4.78, 5) is 0. The lowest BCUT2D eigenvalue weighted by atomic mass is 9.87. The number of hydrogen-bond acceptors (Lipinski definition) is 2. The third kappa shape index (κ3) is 2.76. The van der Waals surface area contributed by atoms with Crippen LogP contribution in [0.4, 0.5) is 0 Å². The number of ether oxygens (including phenoxy) is 2. The standard InChI is InChI=1S/C14H20O2/c1-10-13(16-10)9-15-12-7-5-11(6-8-12)14(2,3)4/h5-8,10,13H,9H2,1-4H3. The highest BCUT2D eigenvalue weighted by atomic mass is 16.6. The summed E-state index contributed by atoms with van der Waals surface area (Å²) in [5.41, 5.74) is 1.53. The topological polar surface area (TPSA) is 21.8 Å². The Kier molecular flexibility index (Phi) is 2.94. The van der Waals surface area contributed by atoms with Crippen LogP contribution in [0, 0.1) is 0 Å². The van der Waals surface area contributed by atoms with Crippen LogP contribution in [0.5, 0.6) is 5.75 Å². The Morgan fingerprint density at radius 3 is 2.19 bits per heavy atom. The van der Waals surface area contributed by atoms with Gasteiger partial charge in [0, 0.05) is 0 Å². The van der Waals surface area contributed by atoms with Crippen LogP contribution in [-0.4, -0.2) is 18.8 Å². The summed E-state index contributed by atoms with van der Waals surface area (Å²) in [5, 5.41) is 0. The van der Waals surface area contributed by atoms with E-state index in [1.165, 1.54) is 5.56 Å². The first kappa shape index (κ1) is 11.5. The average Bonchev–Trinajstić information content (AvgIpc) is 2.91. The van der Waals surface area contributed by atoms with Gasteiger partial charge in [0.15, 0.2) is 0 Å². The Balaban J connectivity index is 1.91. The van der Waals surface area contributed by atoms with E-state index in [0.717, 1.165) is 5.75 Å². The van der Waals surface area contributed by atoms with Crippen LogP contribution in [0.15, 0.2) is 24.3 Å². The molecule has 16 heavy (non-hydrogen) atoms. The van der Waals surface area contributed by atoms with Crippen molar-refractivity contribution < 1.29 is 9.47 Å². The van der Waals surface area contributed by atoms with E-state index in [9.17, 15) is 0 Å². The molecule has 1 fully saturated rings. The first-order valence-corrected chi connectivity index (χ1v) is 5.85. The minimum atomic E-state index is 0.201. The van der Waals surface area contributed by atoms with Gasteiger partial charge in [0.05, 0.1) is 6.10 Å². The molecular formula is C14H20O2. The molecule has 88 valence electrons. The van der Waals surface area contributed by atoms with Gasteiger partial charge in [0.2, 0.25) is 0 Å². The van der Waals surface area contributed by atoms with Crippen LogP contribution >= 0.6 is 0 Å². The van der Waals surface area contributed by atoms with Gasteiger partial charge in [0.25, 0.3) is 0 Å². The van der Waals surface area contributed by atoms with Gasteiger partial charge >= 0.3 is 0 Å². The quantitative estimate of drug-likeness (QED) is 0.730. The predicted octanol–water partition coefficient (Wildman–Crippen LogP) is 3.15. The summed E-state index contributed by atoms with van der Waals surface area (Å²) in [7, 11) is 0. The molecule has 0 amide bonds. The zero-order valence-corrected chi connectivity index (χ0v) is 10.5. The van der Waals surface area contributed by atoms with Crippen molar-refractivity contribution in [1.82, 2.24) is 0 Å². The summed E-state index contributed by atoms with van der Waals surface area (Å²) >= 11 is 0. The molecule has 0 N–H and O–H groups in total. The van der Waals surface area contributed by atoms with E-state index in [-0.39, 0.29) is 5.41 Å². The van der Waals surface area contributed by atoms with Crippen LogP contribution in [-0.2, 0) is 10.2 Å². The van der Waals surface area contributed by atoms with E-state index in [1.54, 1.807) is 0 Å². The molecule has 2 atom stereocenters. The Morgan fingerprint density at radius 1 is 1.19 bits per heavy atom. The lowest BCUT2D eigenvalue weighted by Crippen LogP contribution is -2.11. The first-order chi connectivity index (χ1) is 7.47. The number of rotatable bonds is 3. The average molecular weight is 220 g/mol. The summed E-state index contributed by atoms with van der Waals surface area (Å²) in [6.07, 6.45) is 0.663. The Morgan fingerprint density at radius 2 is 1.75 bits per heavy atom. The second-order valence-corrected chi connectivity index (χ2v) is 5.47. The number of benzene rings is 1. The minimum Gasteiger partial charge on any atom is -0.491 e. The second kappa shape index (κ2) is 4.10. The molecule has 2 heteroatoms. The summed E-state index contributed by atoms with van der Waals surface area (Å²) in [6.45, 7) is 9.36. The highest BCUT2D eigenvalue weighted by Gasteiger charge is 2.34. The van der Waals surface area contributed by atoms with Gasteiger partial charge in [0.1, 0.15) is 18.5 Å². The monoisotopic (exact) mass is 220 g/mol. The van der Waals surface area contributed by atoms with Gasteiger partial charge < -0.3 is 9.47 Å². The van der Waals surface area contributed by atoms with E-state index in [2.05, 4.69) is 39.8 Å². The molecule has 1 heterocycles. The number of epoxide rings is 1. The molecule has 2 unspecified atom stereocenters. The van der Waals surface area contributed by atoms with E-state index in [1.807, 2.05) is 12.1 Å². The minimum absolute atomic E-state index is 0.201. The van der Waals surface area contributed by atoms with Gasteiger partial charge in [-0.15, -0.1) is 0 Å². The molecule has 0 bridgehead atoms. The van der Waals surface area contributed by atoms with E-state index in [0.29, 0.717) is 18.8 Å². The summed E-state index contributed by atoms with van der Waals surface area (Å²) in [6, 6.07) is 8.33. The first-order valence-electron chi connectivity index (χ1n) is 5.85. The van der Waals surface area contributed by atoms with E-state index in [4.69, 9.17) is 9.47 Å². The van der Waals surface area contributed by atoms with Gasteiger partial charge in [-0.2, -0.15) is 0 Å².